The van der Waals surface area contributed by atoms with Crippen LogP contribution in [0.5, 0.6) is 0 Å². The fourth-order valence-corrected chi connectivity index (χ4v) is 4.14. The summed E-state index contributed by atoms with van der Waals surface area (Å²) in [5.74, 6) is 0.999. The number of nitrogens with zero attached hydrogens (tertiary/aromatic N) is 1. The maximum atomic E-state index is 11.8. The van der Waals surface area contributed by atoms with Gasteiger partial charge in [-0.15, -0.1) is 11.3 Å². The Morgan fingerprint density at radius 1 is 1.47 bits per heavy atom. The molecule has 1 fully saturated rings. The number of Topliss-reactive ketones (excluding diaryl/α,β-unsaturated/α-hetero) is 1. The Labute approximate surface area is 111 Å². The van der Waals surface area contributed by atoms with Gasteiger partial charge in [0.15, 0.2) is 0 Å². The van der Waals surface area contributed by atoms with Crippen LogP contribution in [-0.2, 0) is 11.2 Å². The Morgan fingerprint density at radius 2 is 2.24 bits per heavy atom. The van der Waals surface area contributed by atoms with Gasteiger partial charge in [0.25, 0.3) is 0 Å². The van der Waals surface area contributed by atoms with Crippen molar-refractivity contribution < 1.29 is 4.79 Å². The van der Waals surface area contributed by atoms with Crippen molar-refractivity contribution in [3.05, 3.63) is 16.1 Å². The fraction of sp³-hybridized carbons (Fsp3) is 0.692. The first-order chi connectivity index (χ1) is 8.24. The molecule has 0 atom stereocenters. The van der Waals surface area contributed by atoms with Gasteiger partial charge in [-0.1, -0.05) is 19.3 Å². The molecule has 0 unspecified atom stereocenters. The Kier molecular flexibility index (Phi) is 5.04. The highest BCUT2D eigenvalue weighted by Gasteiger charge is 2.15. The zero-order chi connectivity index (χ0) is 12.1. The van der Waals surface area contributed by atoms with Gasteiger partial charge in [0.1, 0.15) is 10.8 Å². The summed E-state index contributed by atoms with van der Waals surface area (Å²) in [6, 6.07) is 0. The summed E-state index contributed by atoms with van der Waals surface area (Å²) in [6.45, 7) is 1.97. The number of carbonyl (C=O) groups is 1. The largest absolute Gasteiger partial charge is 0.298 e. The molecule has 0 saturated heterocycles. The minimum atomic E-state index is 0.329. The quantitative estimate of drug-likeness (QED) is 0.817. The molecule has 1 aromatic rings. The molecule has 94 valence electrons. The van der Waals surface area contributed by atoms with E-state index < -0.39 is 0 Å². The van der Waals surface area contributed by atoms with Crippen molar-refractivity contribution in [1.82, 2.24) is 4.98 Å². The number of rotatable bonds is 5. The first-order valence-electron chi connectivity index (χ1n) is 6.28. The van der Waals surface area contributed by atoms with Gasteiger partial charge in [-0.3, -0.25) is 4.79 Å². The maximum Gasteiger partial charge on any atom is 0.149 e. The maximum absolute atomic E-state index is 11.8. The van der Waals surface area contributed by atoms with Crippen molar-refractivity contribution in [2.24, 2.45) is 0 Å². The highest BCUT2D eigenvalue weighted by Crippen LogP contribution is 2.28. The monoisotopic (exact) mass is 269 g/mol. The van der Waals surface area contributed by atoms with E-state index in [0.29, 0.717) is 18.0 Å². The molecule has 1 aliphatic rings. The lowest BCUT2D eigenvalue weighted by Gasteiger charge is -2.20. The van der Waals surface area contributed by atoms with Crippen LogP contribution in [0, 0.1) is 6.92 Å². The summed E-state index contributed by atoms with van der Waals surface area (Å²) < 4.78 is 0. The van der Waals surface area contributed by atoms with E-state index in [9.17, 15) is 4.79 Å². The first-order valence-corrected chi connectivity index (χ1v) is 8.21. The van der Waals surface area contributed by atoms with Crippen LogP contribution >= 0.6 is 23.1 Å². The van der Waals surface area contributed by atoms with Crippen molar-refractivity contribution in [3.63, 3.8) is 0 Å². The molecule has 0 bridgehead atoms. The van der Waals surface area contributed by atoms with Crippen LogP contribution in [0.15, 0.2) is 5.38 Å². The number of ketones is 1. The molecule has 0 spiro atoms. The molecular formula is C13H19NOS2. The number of thiazole rings is 1. The minimum Gasteiger partial charge on any atom is -0.298 e. The molecule has 2 rings (SSSR count). The predicted molar refractivity (Wildman–Crippen MR) is 74.9 cm³/mol. The Balaban J connectivity index is 1.70. The van der Waals surface area contributed by atoms with E-state index in [2.05, 4.69) is 4.98 Å². The number of hydrogen-bond donors (Lipinski definition) is 0. The molecule has 0 N–H and O–H groups in total. The van der Waals surface area contributed by atoms with Gasteiger partial charge < -0.3 is 0 Å². The molecule has 0 radical (unpaired) electrons. The van der Waals surface area contributed by atoms with Crippen LogP contribution in [0.25, 0.3) is 0 Å². The topological polar surface area (TPSA) is 30.0 Å². The van der Waals surface area contributed by atoms with Crippen LogP contribution in [0.3, 0.4) is 0 Å². The minimum absolute atomic E-state index is 0.329. The smallest absolute Gasteiger partial charge is 0.149 e. The van der Waals surface area contributed by atoms with Crippen molar-refractivity contribution >= 4 is 28.9 Å². The van der Waals surface area contributed by atoms with Crippen molar-refractivity contribution in [2.45, 2.75) is 50.7 Å². The SMILES string of the molecule is Cc1csc(CC(=O)CSC2CCCCC2)n1. The van der Waals surface area contributed by atoms with E-state index in [4.69, 9.17) is 0 Å². The second-order valence-corrected chi connectivity index (χ2v) is 6.90. The van der Waals surface area contributed by atoms with Crippen LogP contribution in [0.4, 0.5) is 0 Å². The Bertz CT molecular complexity index is 369. The molecule has 1 heterocycles. The second-order valence-electron chi connectivity index (χ2n) is 4.67. The third kappa shape index (κ3) is 4.43. The van der Waals surface area contributed by atoms with Crippen LogP contribution in [0.2, 0.25) is 0 Å². The van der Waals surface area contributed by atoms with Gasteiger partial charge in [0.2, 0.25) is 0 Å². The fourth-order valence-electron chi connectivity index (χ4n) is 2.15. The normalized spacial score (nSPS) is 17.2. The van der Waals surface area contributed by atoms with Gasteiger partial charge in [-0.05, 0) is 19.8 Å². The molecule has 1 saturated carbocycles. The van der Waals surface area contributed by atoms with E-state index >= 15 is 0 Å². The predicted octanol–water partition coefficient (Wildman–Crippen LogP) is 3.63. The summed E-state index contributed by atoms with van der Waals surface area (Å²) in [5, 5.41) is 3.71. The zero-order valence-electron chi connectivity index (χ0n) is 10.3. The lowest BCUT2D eigenvalue weighted by Crippen LogP contribution is -2.13. The van der Waals surface area contributed by atoms with Crippen molar-refractivity contribution in [1.29, 1.82) is 0 Å². The zero-order valence-corrected chi connectivity index (χ0v) is 11.9. The van der Waals surface area contributed by atoms with Crippen molar-refractivity contribution in [3.8, 4) is 0 Å². The van der Waals surface area contributed by atoms with Crippen LogP contribution in [-0.4, -0.2) is 21.8 Å². The van der Waals surface area contributed by atoms with E-state index in [-0.39, 0.29) is 0 Å². The summed E-state index contributed by atoms with van der Waals surface area (Å²) in [6.07, 6.45) is 7.19. The average Bonchev–Trinajstić information content (AvgIpc) is 2.73. The summed E-state index contributed by atoms with van der Waals surface area (Å²) in [5.41, 5.74) is 1.03. The lowest BCUT2D eigenvalue weighted by molar-refractivity contribution is -0.116. The lowest BCUT2D eigenvalue weighted by atomic mass is 10.0. The van der Waals surface area contributed by atoms with Gasteiger partial charge in [-0.2, -0.15) is 11.8 Å². The van der Waals surface area contributed by atoms with Gasteiger partial charge >= 0.3 is 0 Å². The standard InChI is InChI=1S/C13H19NOS2/c1-10-8-17-13(14-10)7-11(15)9-16-12-5-3-2-4-6-12/h8,12H,2-7,9H2,1H3. The number of aromatic nitrogens is 1. The molecule has 17 heavy (non-hydrogen) atoms. The highest BCUT2D eigenvalue weighted by atomic mass is 32.2. The number of carbonyl (C=O) groups excluding carboxylic acids is 1. The molecule has 0 aliphatic heterocycles. The molecule has 1 aliphatic carbocycles. The van der Waals surface area contributed by atoms with Gasteiger partial charge in [-0.25, -0.2) is 4.98 Å². The number of thioether (sulfide) groups is 1. The summed E-state index contributed by atoms with van der Waals surface area (Å²) >= 11 is 3.46. The molecule has 0 amide bonds. The molecular weight excluding hydrogens is 250 g/mol. The first kappa shape index (κ1) is 13.1. The van der Waals surface area contributed by atoms with Crippen LogP contribution < -0.4 is 0 Å². The third-order valence-corrected chi connectivity index (χ3v) is 5.45. The molecule has 2 nitrogen and oxygen atoms in total. The van der Waals surface area contributed by atoms with E-state index in [0.717, 1.165) is 16.0 Å². The average molecular weight is 269 g/mol. The van der Waals surface area contributed by atoms with E-state index in [1.54, 1.807) is 11.3 Å². The van der Waals surface area contributed by atoms with Gasteiger partial charge in [0.05, 0.1) is 12.2 Å². The highest BCUT2D eigenvalue weighted by molar-refractivity contribution is 8.00. The number of hydrogen-bond acceptors (Lipinski definition) is 4. The molecule has 0 aromatic carbocycles. The second kappa shape index (κ2) is 6.55. The molecule has 1 aromatic heterocycles. The van der Waals surface area contributed by atoms with Gasteiger partial charge in [0, 0.05) is 16.3 Å². The van der Waals surface area contributed by atoms with E-state index in [1.165, 1.54) is 32.1 Å². The summed E-state index contributed by atoms with van der Waals surface area (Å²) in [4.78, 5) is 16.1. The Morgan fingerprint density at radius 3 is 2.88 bits per heavy atom. The Hall–Kier alpha value is -0.350. The summed E-state index contributed by atoms with van der Waals surface area (Å²) in [7, 11) is 0. The van der Waals surface area contributed by atoms with Crippen LogP contribution in [0.1, 0.15) is 42.8 Å². The molecule has 4 heteroatoms. The third-order valence-electron chi connectivity index (χ3n) is 3.05. The van der Waals surface area contributed by atoms with E-state index in [1.807, 2.05) is 24.1 Å². The van der Waals surface area contributed by atoms with Crippen molar-refractivity contribution in [2.75, 3.05) is 5.75 Å². The number of aryl methyl sites for hydroxylation is 1.